The summed E-state index contributed by atoms with van der Waals surface area (Å²) in [5.41, 5.74) is 3.95. The van der Waals surface area contributed by atoms with E-state index in [1.807, 2.05) is 60.7 Å². The van der Waals surface area contributed by atoms with Gasteiger partial charge in [0.1, 0.15) is 11.2 Å². The van der Waals surface area contributed by atoms with Crippen molar-refractivity contribution < 1.29 is 16.8 Å². The van der Waals surface area contributed by atoms with Crippen molar-refractivity contribution >= 4 is 43.7 Å². The van der Waals surface area contributed by atoms with Gasteiger partial charge >= 0.3 is 0 Å². The van der Waals surface area contributed by atoms with Gasteiger partial charge in [0.25, 0.3) is 0 Å². The number of hydrogen-bond acceptors (Lipinski definition) is 4. The SMILES string of the molecule is [2H]c1cc([2H])c2oc3c(-c4ccc(-c5nc(-c6ccccc6)nc(-c6ccccc6)n5)c(-n5c6c([2H])cc([2H])c([2H])c6c6c([2H])c([2H])cc([2H])c65)c4)c([2H])ccc3c2c1. The molecule has 0 unspecified atom stereocenters. The second-order valence-corrected chi connectivity index (χ2v) is 11.7. The maximum atomic E-state index is 9.23. The van der Waals surface area contributed by atoms with Gasteiger partial charge in [0.2, 0.25) is 0 Å². The Morgan fingerprint density at radius 1 is 0.460 bits per heavy atom. The smallest absolute Gasteiger partial charge is 0.166 e. The van der Waals surface area contributed by atoms with Crippen LogP contribution in [0.5, 0.6) is 0 Å². The van der Waals surface area contributed by atoms with E-state index in [0.717, 1.165) is 11.1 Å². The Bertz CT molecular complexity index is 3260. The molecule has 0 aliphatic rings. The monoisotopic (exact) mass is 649 g/mol. The molecule has 50 heavy (non-hydrogen) atoms. The van der Waals surface area contributed by atoms with Crippen LogP contribution in [0.4, 0.5) is 0 Å². The minimum Gasteiger partial charge on any atom is -0.455 e. The van der Waals surface area contributed by atoms with E-state index in [1.165, 1.54) is 18.2 Å². The van der Waals surface area contributed by atoms with Crippen LogP contribution in [0.1, 0.15) is 12.3 Å². The van der Waals surface area contributed by atoms with Gasteiger partial charge in [0.05, 0.1) is 29.1 Å². The summed E-state index contributed by atoms with van der Waals surface area (Å²) in [6, 6.07) is 32.1. The number of aromatic nitrogens is 4. The number of fused-ring (bicyclic) bond motifs is 6. The van der Waals surface area contributed by atoms with Crippen LogP contribution >= 0.6 is 0 Å². The first-order chi connectivity index (χ1) is 28.5. The molecule has 0 fully saturated rings. The molecule has 3 heterocycles. The maximum Gasteiger partial charge on any atom is 0.166 e. The lowest BCUT2D eigenvalue weighted by Gasteiger charge is -2.16. The Hall–Kier alpha value is -6.85. The van der Waals surface area contributed by atoms with E-state index in [9.17, 15) is 2.74 Å². The molecule has 10 aromatic rings. The molecule has 5 heteroatoms. The lowest BCUT2D eigenvalue weighted by atomic mass is 9.99. The van der Waals surface area contributed by atoms with E-state index in [0.29, 0.717) is 50.4 Å². The Morgan fingerprint density at radius 2 is 1.10 bits per heavy atom. The van der Waals surface area contributed by atoms with Gasteiger partial charge in [-0.05, 0) is 35.8 Å². The molecular formula is C45H28N4O. The van der Waals surface area contributed by atoms with Crippen molar-refractivity contribution in [2.75, 3.05) is 0 Å². The first kappa shape index (κ1) is 20.5. The number of rotatable bonds is 5. The zero-order valence-electron chi connectivity index (χ0n) is 35.2. The minimum atomic E-state index is -0.255. The van der Waals surface area contributed by atoms with E-state index < -0.39 is 0 Å². The van der Waals surface area contributed by atoms with Gasteiger partial charge in [0, 0.05) is 43.8 Å². The van der Waals surface area contributed by atoms with Gasteiger partial charge in [0.15, 0.2) is 17.5 Å². The molecule has 0 N–H and O–H groups in total. The molecule has 0 aliphatic heterocycles. The van der Waals surface area contributed by atoms with Crippen molar-refractivity contribution in [1.29, 1.82) is 0 Å². The quantitative estimate of drug-likeness (QED) is 0.186. The summed E-state index contributed by atoms with van der Waals surface area (Å²) in [5.74, 6) is 0.997. The van der Waals surface area contributed by atoms with Crippen molar-refractivity contribution in [3.63, 3.8) is 0 Å². The molecule has 234 valence electrons. The zero-order chi connectivity index (χ0) is 40.9. The molecule has 0 spiro atoms. The molecule has 0 amide bonds. The Balaban J connectivity index is 1.37. The minimum absolute atomic E-state index is 0.0339. The fourth-order valence-electron chi connectivity index (χ4n) is 6.52. The van der Waals surface area contributed by atoms with E-state index in [4.69, 9.17) is 29.0 Å². The van der Waals surface area contributed by atoms with Gasteiger partial charge in [-0.1, -0.05) is 139 Å². The van der Waals surface area contributed by atoms with Crippen LogP contribution in [-0.4, -0.2) is 19.5 Å². The predicted octanol–water partition coefficient (Wildman–Crippen LogP) is 11.5. The van der Waals surface area contributed by atoms with E-state index in [-0.39, 0.29) is 87.6 Å². The summed E-state index contributed by atoms with van der Waals surface area (Å²) >= 11 is 0. The van der Waals surface area contributed by atoms with Crippen LogP contribution < -0.4 is 0 Å². The number of nitrogens with zero attached hydrogens (tertiary/aromatic N) is 4. The molecule has 0 saturated carbocycles. The van der Waals surface area contributed by atoms with Crippen LogP contribution in [0.15, 0.2) is 174 Å². The van der Waals surface area contributed by atoms with Gasteiger partial charge in [-0.15, -0.1) is 0 Å². The summed E-state index contributed by atoms with van der Waals surface area (Å²) in [6.07, 6.45) is 0. The highest BCUT2D eigenvalue weighted by atomic mass is 16.3. The Kier molecular flexibility index (Phi) is 4.67. The summed E-state index contributed by atoms with van der Waals surface area (Å²) in [7, 11) is 0. The fourth-order valence-corrected chi connectivity index (χ4v) is 6.52. The third-order valence-electron chi connectivity index (χ3n) is 8.80. The van der Waals surface area contributed by atoms with Gasteiger partial charge in [-0.2, -0.15) is 0 Å². The lowest BCUT2D eigenvalue weighted by molar-refractivity contribution is 0.670. The van der Waals surface area contributed by atoms with Crippen LogP contribution in [0.3, 0.4) is 0 Å². The topological polar surface area (TPSA) is 56.7 Å². The summed E-state index contributed by atoms with van der Waals surface area (Å²) in [4.78, 5) is 14.9. The maximum absolute atomic E-state index is 9.23. The third kappa shape index (κ3) is 4.52. The second kappa shape index (κ2) is 11.4. The normalized spacial score (nSPS) is 14.1. The Labute approximate surface area is 300 Å². The van der Waals surface area contributed by atoms with Gasteiger partial charge in [-0.25, -0.2) is 15.0 Å². The molecular weight excluding hydrogens is 613 g/mol. The number of benzene rings is 7. The van der Waals surface area contributed by atoms with Crippen molar-refractivity contribution in [2.45, 2.75) is 0 Å². The van der Waals surface area contributed by atoms with Crippen molar-refractivity contribution in [2.24, 2.45) is 0 Å². The average Bonchev–Trinajstić information content (AvgIpc) is 3.80. The van der Waals surface area contributed by atoms with Crippen molar-refractivity contribution in [3.8, 4) is 51.0 Å². The first-order valence-electron chi connectivity index (χ1n) is 20.5. The van der Waals surface area contributed by atoms with Crippen LogP contribution in [0.2, 0.25) is 0 Å². The summed E-state index contributed by atoms with van der Waals surface area (Å²) in [5, 5.41) is 1.34. The first-order valence-corrected chi connectivity index (χ1v) is 16.0. The molecule has 10 rings (SSSR count). The molecule has 0 saturated heterocycles. The molecule has 0 bridgehead atoms. The number of furan rings is 1. The van der Waals surface area contributed by atoms with Crippen molar-refractivity contribution in [1.82, 2.24) is 19.5 Å². The molecule has 0 aliphatic carbocycles. The van der Waals surface area contributed by atoms with Gasteiger partial charge in [-0.3, -0.25) is 0 Å². The number of hydrogen-bond donors (Lipinski definition) is 0. The molecule has 0 radical (unpaired) electrons. The largest absolute Gasteiger partial charge is 0.455 e. The molecule has 0 atom stereocenters. The van der Waals surface area contributed by atoms with E-state index in [2.05, 4.69) is 0 Å². The molecule has 5 nitrogen and oxygen atoms in total. The highest BCUT2D eigenvalue weighted by molar-refractivity contribution is 6.11. The summed E-state index contributed by atoms with van der Waals surface area (Å²) < 4.78 is 87.6. The highest BCUT2D eigenvalue weighted by Gasteiger charge is 2.21. The molecule has 3 aromatic heterocycles. The van der Waals surface area contributed by atoms with E-state index in [1.54, 1.807) is 41.0 Å². The average molecular weight is 650 g/mol. The standard InChI is InChI=1S/C45H28N4O/c1-3-14-29(15-4-1)43-46-44(30-16-5-2-6-17-30)48-45(47-43)37-27-26-31(32-21-13-22-36-35-20-9-12-25-41(35)50-42(32)36)28-40(37)49-38-23-10-7-18-33(38)34-19-8-11-24-39(34)49/h1-28H/i7D,8D,9D,18D,19D,21D,23D,24D,25D. The lowest BCUT2D eigenvalue weighted by Crippen LogP contribution is -2.04. The fraction of sp³-hybridized carbons (Fsp3) is 0. The second-order valence-electron chi connectivity index (χ2n) is 11.7. The zero-order valence-corrected chi connectivity index (χ0v) is 26.2. The van der Waals surface area contributed by atoms with Gasteiger partial charge < -0.3 is 8.98 Å². The van der Waals surface area contributed by atoms with Crippen LogP contribution in [0, 0.1) is 0 Å². The third-order valence-corrected chi connectivity index (χ3v) is 8.80. The number of para-hydroxylation sites is 4. The van der Waals surface area contributed by atoms with Crippen molar-refractivity contribution in [3.05, 3.63) is 170 Å². The predicted molar refractivity (Wildman–Crippen MR) is 203 cm³/mol. The van der Waals surface area contributed by atoms with Crippen LogP contribution in [-0.2, 0) is 0 Å². The Morgan fingerprint density at radius 3 is 1.78 bits per heavy atom. The van der Waals surface area contributed by atoms with Crippen LogP contribution in [0.25, 0.3) is 94.7 Å². The van der Waals surface area contributed by atoms with E-state index >= 15 is 0 Å². The molecule has 7 aromatic carbocycles. The summed E-state index contributed by atoms with van der Waals surface area (Å²) in [6.45, 7) is 0. The highest BCUT2D eigenvalue weighted by Crippen LogP contribution is 2.41.